The van der Waals surface area contributed by atoms with E-state index < -0.39 is 5.91 Å². The summed E-state index contributed by atoms with van der Waals surface area (Å²) in [5.74, 6) is -0.464. The van der Waals surface area contributed by atoms with Crippen LogP contribution in [0.15, 0.2) is 18.2 Å². The fourth-order valence-electron chi connectivity index (χ4n) is 2.63. The van der Waals surface area contributed by atoms with Crippen LogP contribution < -0.4 is 21.7 Å². The lowest BCUT2D eigenvalue weighted by Crippen LogP contribution is -2.38. The minimum absolute atomic E-state index is 0.178. The molecule has 0 aliphatic carbocycles. The molecule has 1 saturated heterocycles. The number of carbonyl (C=O) groups is 1. The number of hydrogen-bond donors (Lipinski definition) is 3. The van der Waals surface area contributed by atoms with Crippen molar-refractivity contribution in [1.82, 2.24) is 0 Å². The third-order valence-corrected chi connectivity index (χ3v) is 3.75. The molecule has 0 radical (unpaired) electrons. The first-order valence-corrected chi connectivity index (χ1v) is 7.17. The van der Waals surface area contributed by atoms with Gasteiger partial charge in [-0.15, -0.1) is 0 Å². The number of amides is 1. The Bertz CT molecular complexity index is 532. The van der Waals surface area contributed by atoms with Crippen LogP contribution >= 0.6 is 12.2 Å². The van der Waals surface area contributed by atoms with Gasteiger partial charge in [-0.3, -0.25) is 4.79 Å². The van der Waals surface area contributed by atoms with Crippen LogP contribution in [0, 0.1) is 0 Å². The number of hydrogen-bond acceptors (Lipinski definition) is 3. The molecule has 6 heteroatoms. The van der Waals surface area contributed by atoms with Crippen molar-refractivity contribution in [3.8, 4) is 0 Å². The van der Waals surface area contributed by atoms with Crippen LogP contribution in [0.25, 0.3) is 0 Å². The van der Waals surface area contributed by atoms with E-state index in [4.69, 9.17) is 23.7 Å². The number of carbonyl (C=O) groups excluding carboxylic acids is 1. The third-order valence-electron chi connectivity index (χ3n) is 3.65. The van der Waals surface area contributed by atoms with Gasteiger partial charge in [0, 0.05) is 18.2 Å². The summed E-state index contributed by atoms with van der Waals surface area (Å²) in [7, 11) is 0. The van der Waals surface area contributed by atoms with Gasteiger partial charge in [0.1, 0.15) is 0 Å². The van der Waals surface area contributed by atoms with Crippen molar-refractivity contribution in [1.29, 1.82) is 0 Å². The van der Waals surface area contributed by atoms with Crippen molar-refractivity contribution < 1.29 is 4.79 Å². The summed E-state index contributed by atoms with van der Waals surface area (Å²) in [5, 5.41) is 3.12. The Morgan fingerprint density at radius 1 is 1.40 bits per heavy atom. The Morgan fingerprint density at radius 3 is 2.75 bits per heavy atom. The van der Waals surface area contributed by atoms with Gasteiger partial charge in [-0.05, 0) is 56.6 Å². The summed E-state index contributed by atoms with van der Waals surface area (Å²) in [4.78, 5) is 13.6. The van der Waals surface area contributed by atoms with Crippen LogP contribution in [-0.4, -0.2) is 23.6 Å². The molecule has 1 aromatic rings. The van der Waals surface area contributed by atoms with Crippen molar-refractivity contribution in [2.24, 2.45) is 11.5 Å². The summed E-state index contributed by atoms with van der Waals surface area (Å²) >= 11 is 4.91. The number of primary amides is 1. The van der Waals surface area contributed by atoms with E-state index in [1.807, 2.05) is 6.07 Å². The molecule has 5 N–H and O–H groups in total. The van der Waals surface area contributed by atoms with Gasteiger partial charge in [-0.25, -0.2) is 0 Å². The first-order chi connectivity index (χ1) is 9.49. The lowest BCUT2D eigenvalue weighted by Gasteiger charge is -2.36. The molecule has 1 aliphatic rings. The van der Waals surface area contributed by atoms with E-state index in [1.165, 1.54) is 6.42 Å². The van der Waals surface area contributed by atoms with Crippen LogP contribution in [0.3, 0.4) is 0 Å². The lowest BCUT2D eigenvalue weighted by molar-refractivity contribution is 0.100. The summed E-state index contributed by atoms with van der Waals surface area (Å²) in [6.07, 6.45) is 3.56. The predicted octanol–water partition coefficient (Wildman–Crippen LogP) is 1.82. The maximum absolute atomic E-state index is 11.3. The molecule has 1 unspecified atom stereocenters. The van der Waals surface area contributed by atoms with Crippen molar-refractivity contribution >= 4 is 34.6 Å². The van der Waals surface area contributed by atoms with Crippen molar-refractivity contribution in [2.45, 2.75) is 32.2 Å². The van der Waals surface area contributed by atoms with Crippen molar-refractivity contribution in [3.05, 3.63) is 23.8 Å². The molecule has 1 fully saturated rings. The van der Waals surface area contributed by atoms with E-state index in [9.17, 15) is 4.79 Å². The zero-order valence-electron chi connectivity index (χ0n) is 11.6. The number of anilines is 2. The molecule has 0 aromatic heterocycles. The summed E-state index contributed by atoms with van der Waals surface area (Å²) in [5.41, 5.74) is 13.1. The summed E-state index contributed by atoms with van der Waals surface area (Å²) in [6.45, 7) is 3.19. The van der Waals surface area contributed by atoms with E-state index >= 15 is 0 Å². The topological polar surface area (TPSA) is 84.4 Å². The molecular formula is C14H20N4OS. The Balaban J connectivity index is 2.39. The highest BCUT2D eigenvalue weighted by Gasteiger charge is 2.21. The molecular weight excluding hydrogens is 272 g/mol. The van der Waals surface area contributed by atoms with Gasteiger partial charge >= 0.3 is 0 Å². The quantitative estimate of drug-likeness (QED) is 0.740. The number of benzene rings is 1. The number of piperidine rings is 1. The Kier molecular flexibility index (Phi) is 4.44. The second kappa shape index (κ2) is 6.09. The predicted molar refractivity (Wildman–Crippen MR) is 86.0 cm³/mol. The van der Waals surface area contributed by atoms with Crippen LogP contribution in [0.5, 0.6) is 0 Å². The zero-order chi connectivity index (χ0) is 14.7. The second-order valence-electron chi connectivity index (χ2n) is 5.12. The molecule has 0 bridgehead atoms. The molecule has 1 aliphatic heterocycles. The van der Waals surface area contributed by atoms with Gasteiger partial charge in [0.2, 0.25) is 5.91 Å². The lowest BCUT2D eigenvalue weighted by atomic mass is 10.0. The summed E-state index contributed by atoms with van der Waals surface area (Å²) in [6, 6.07) is 5.81. The van der Waals surface area contributed by atoms with Crippen LogP contribution in [0.4, 0.5) is 11.4 Å². The van der Waals surface area contributed by atoms with E-state index in [-0.39, 0.29) is 5.11 Å². The normalized spacial score (nSPS) is 18.6. The highest BCUT2D eigenvalue weighted by atomic mass is 32.1. The van der Waals surface area contributed by atoms with Gasteiger partial charge in [-0.1, -0.05) is 0 Å². The largest absolute Gasteiger partial charge is 0.376 e. The highest BCUT2D eigenvalue weighted by molar-refractivity contribution is 7.80. The van der Waals surface area contributed by atoms with Gasteiger partial charge in [0.05, 0.1) is 11.4 Å². The Morgan fingerprint density at radius 2 is 2.15 bits per heavy atom. The van der Waals surface area contributed by atoms with Crippen molar-refractivity contribution in [2.75, 3.05) is 16.8 Å². The van der Waals surface area contributed by atoms with Crippen LogP contribution in [0.2, 0.25) is 0 Å². The SMILES string of the molecule is CC1CCCCN1c1ccc(C(N)=O)cc1NC(N)=S. The number of rotatable bonds is 3. The smallest absolute Gasteiger partial charge is 0.248 e. The van der Waals surface area contributed by atoms with Gasteiger partial charge in [0.15, 0.2) is 5.11 Å². The van der Waals surface area contributed by atoms with Crippen LogP contribution in [-0.2, 0) is 0 Å². The molecule has 2 rings (SSSR count). The zero-order valence-corrected chi connectivity index (χ0v) is 12.4. The minimum Gasteiger partial charge on any atom is -0.376 e. The van der Waals surface area contributed by atoms with E-state index in [0.29, 0.717) is 11.6 Å². The standard InChI is InChI=1S/C14H20N4OS/c1-9-4-2-3-7-18(9)12-6-5-10(13(15)19)8-11(12)17-14(16)20/h5-6,8-9H,2-4,7H2,1H3,(H2,15,19)(H3,16,17,20). The molecule has 1 aromatic carbocycles. The highest BCUT2D eigenvalue weighted by Crippen LogP contribution is 2.32. The average Bonchev–Trinajstić information content (AvgIpc) is 2.39. The van der Waals surface area contributed by atoms with E-state index in [1.54, 1.807) is 12.1 Å². The number of nitrogens with two attached hydrogens (primary N) is 2. The molecule has 5 nitrogen and oxygen atoms in total. The molecule has 1 heterocycles. The van der Waals surface area contributed by atoms with Gasteiger partial charge < -0.3 is 21.7 Å². The molecule has 1 amide bonds. The first kappa shape index (κ1) is 14.6. The second-order valence-corrected chi connectivity index (χ2v) is 5.56. The van der Waals surface area contributed by atoms with E-state index in [2.05, 4.69) is 17.1 Å². The first-order valence-electron chi connectivity index (χ1n) is 6.76. The fraction of sp³-hybridized carbons (Fsp3) is 0.429. The monoisotopic (exact) mass is 292 g/mol. The number of nitrogens with one attached hydrogen (secondary N) is 1. The molecule has 1 atom stereocenters. The molecule has 108 valence electrons. The maximum atomic E-state index is 11.3. The van der Waals surface area contributed by atoms with Crippen molar-refractivity contribution in [3.63, 3.8) is 0 Å². The van der Waals surface area contributed by atoms with E-state index in [0.717, 1.165) is 30.8 Å². The van der Waals surface area contributed by atoms with Crippen LogP contribution in [0.1, 0.15) is 36.5 Å². The Hall–Kier alpha value is -1.82. The molecule has 20 heavy (non-hydrogen) atoms. The van der Waals surface area contributed by atoms with Gasteiger partial charge in [-0.2, -0.15) is 0 Å². The summed E-state index contributed by atoms with van der Waals surface area (Å²) < 4.78 is 0. The third kappa shape index (κ3) is 3.19. The number of nitrogens with zero attached hydrogens (tertiary/aromatic N) is 1. The maximum Gasteiger partial charge on any atom is 0.248 e. The molecule has 0 saturated carbocycles. The minimum atomic E-state index is -0.464. The molecule has 0 spiro atoms. The Labute approximate surface area is 124 Å². The van der Waals surface area contributed by atoms with Gasteiger partial charge in [0.25, 0.3) is 0 Å². The average molecular weight is 292 g/mol. The fourth-order valence-corrected chi connectivity index (χ4v) is 2.74. The number of thiocarbonyl (C=S) groups is 1.